The number of halogens is 4. The van der Waals surface area contributed by atoms with Crippen molar-refractivity contribution in [3.8, 4) is 0 Å². The highest BCUT2D eigenvalue weighted by atomic mass is 35.5. The number of sulfonamides is 1. The summed E-state index contributed by atoms with van der Waals surface area (Å²) in [7, 11) is -3.78. The van der Waals surface area contributed by atoms with E-state index in [9.17, 15) is 21.6 Å². The Morgan fingerprint density at radius 3 is 2.40 bits per heavy atom. The maximum absolute atomic E-state index is 12.7. The number of alkyl halides is 3. The third kappa shape index (κ3) is 3.94. The number of hydrogen-bond acceptors (Lipinski definition) is 3. The van der Waals surface area contributed by atoms with Crippen LogP contribution in [0.25, 0.3) is 5.65 Å². The summed E-state index contributed by atoms with van der Waals surface area (Å²) in [6, 6.07) is 7.73. The number of nitrogens with zero attached hydrogens (tertiary/aromatic N) is 2. The Labute approximate surface area is 146 Å². The zero-order valence-electron chi connectivity index (χ0n) is 12.5. The van der Waals surface area contributed by atoms with Gasteiger partial charge in [0.25, 0.3) is 0 Å². The van der Waals surface area contributed by atoms with E-state index in [1.807, 2.05) is 0 Å². The van der Waals surface area contributed by atoms with Gasteiger partial charge in [-0.15, -0.1) is 0 Å². The lowest BCUT2D eigenvalue weighted by atomic mass is 10.3. The van der Waals surface area contributed by atoms with Gasteiger partial charge in [0.2, 0.25) is 10.0 Å². The Morgan fingerprint density at radius 2 is 1.76 bits per heavy atom. The average Bonchev–Trinajstić information content (AvgIpc) is 2.95. The fraction of sp³-hybridized carbons (Fsp3) is 0.133. The van der Waals surface area contributed by atoms with Crippen molar-refractivity contribution in [2.75, 3.05) is 0 Å². The summed E-state index contributed by atoms with van der Waals surface area (Å²) in [5, 5.41) is 0.403. The normalized spacial score (nSPS) is 12.6. The van der Waals surface area contributed by atoms with Crippen LogP contribution in [0.3, 0.4) is 0 Å². The molecule has 0 spiro atoms. The molecule has 0 saturated heterocycles. The van der Waals surface area contributed by atoms with Crippen molar-refractivity contribution in [1.82, 2.24) is 14.1 Å². The molecule has 0 aliphatic rings. The SMILES string of the molecule is O=S(=O)(NCc1cn2cc(C(F)(F)F)ccc2n1)c1ccc(Cl)cc1. The molecule has 1 N–H and O–H groups in total. The summed E-state index contributed by atoms with van der Waals surface area (Å²) < 4.78 is 66.0. The van der Waals surface area contributed by atoms with Gasteiger partial charge in [0, 0.05) is 17.4 Å². The van der Waals surface area contributed by atoms with Gasteiger partial charge in [-0.1, -0.05) is 11.6 Å². The van der Waals surface area contributed by atoms with Crippen molar-refractivity contribution in [2.45, 2.75) is 17.6 Å². The number of pyridine rings is 1. The molecule has 132 valence electrons. The van der Waals surface area contributed by atoms with Gasteiger partial charge >= 0.3 is 6.18 Å². The van der Waals surface area contributed by atoms with Crippen molar-refractivity contribution >= 4 is 27.3 Å². The van der Waals surface area contributed by atoms with Crippen LogP contribution in [-0.2, 0) is 22.7 Å². The maximum Gasteiger partial charge on any atom is 0.417 e. The van der Waals surface area contributed by atoms with Gasteiger partial charge in [-0.05, 0) is 36.4 Å². The lowest BCUT2D eigenvalue weighted by Gasteiger charge is -2.06. The Bertz CT molecular complexity index is 1010. The highest BCUT2D eigenvalue weighted by Crippen LogP contribution is 2.29. The highest BCUT2D eigenvalue weighted by molar-refractivity contribution is 7.89. The molecule has 2 heterocycles. The molecule has 10 heteroatoms. The molecule has 0 amide bonds. The summed E-state index contributed by atoms with van der Waals surface area (Å²) in [5.41, 5.74) is -0.240. The molecular formula is C15H11ClF3N3O2S. The third-order valence-corrected chi connectivity index (χ3v) is 5.06. The lowest BCUT2D eigenvalue weighted by Crippen LogP contribution is -2.23. The van der Waals surface area contributed by atoms with Gasteiger partial charge in [-0.2, -0.15) is 13.2 Å². The number of aromatic nitrogens is 2. The van der Waals surface area contributed by atoms with Crippen LogP contribution >= 0.6 is 11.6 Å². The van der Waals surface area contributed by atoms with E-state index in [-0.39, 0.29) is 22.8 Å². The van der Waals surface area contributed by atoms with Crippen LogP contribution in [0.2, 0.25) is 5.02 Å². The second kappa shape index (κ2) is 6.32. The van der Waals surface area contributed by atoms with Gasteiger partial charge in [-0.25, -0.2) is 18.1 Å². The number of fused-ring (bicyclic) bond motifs is 1. The molecular weight excluding hydrogens is 379 g/mol. The van der Waals surface area contributed by atoms with Crippen LogP contribution in [0.5, 0.6) is 0 Å². The van der Waals surface area contributed by atoms with Gasteiger partial charge in [0.05, 0.1) is 22.7 Å². The predicted octanol–water partition coefficient (Wildman–Crippen LogP) is 3.49. The van der Waals surface area contributed by atoms with Crippen molar-refractivity contribution in [3.63, 3.8) is 0 Å². The molecule has 2 aromatic heterocycles. The first-order valence-electron chi connectivity index (χ1n) is 6.95. The van der Waals surface area contributed by atoms with E-state index in [0.29, 0.717) is 5.02 Å². The first-order chi connectivity index (χ1) is 11.6. The van der Waals surface area contributed by atoms with Gasteiger partial charge < -0.3 is 4.40 Å². The van der Waals surface area contributed by atoms with E-state index < -0.39 is 21.8 Å². The zero-order chi connectivity index (χ0) is 18.2. The minimum Gasteiger partial charge on any atom is -0.306 e. The summed E-state index contributed by atoms with van der Waals surface area (Å²) in [6.07, 6.45) is -2.22. The number of nitrogens with one attached hydrogen (secondary N) is 1. The van der Waals surface area contributed by atoms with Crippen LogP contribution in [0.4, 0.5) is 13.2 Å². The zero-order valence-corrected chi connectivity index (χ0v) is 14.0. The molecule has 0 unspecified atom stereocenters. The van der Waals surface area contributed by atoms with E-state index in [0.717, 1.165) is 12.3 Å². The summed E-state index contributed by atoms with van der Waals surface area (Å²) in [6.45, 7) is -0.159. The molecule has 0 bridgehead atoms. The summed E-state index contributed by atoms with van der Waals surface area (Å²) in [5.74, 6) is 0. The Kier molecular flexibility index (Phi) is 4.48. The van der Waals surface area contributed by atoms with E-state index >= 15 is 0 Å². The van der Waals surface area contributed by atoms with Crippen molar-refractivity contribution < 1.29 is 21.6 Å². The predicted molar refractivity (Wildman–Crippen MR) is 85.7 cm³/mol. The molecule has 25 heavy (non-hydrogen) atoms. The van der Waals surface area contributed by atoms with Crippen LogP contribution in [-0.4, -0.2) is 17.8 Å². The Balaban J connectivity index is 1.80. The molecule has 0 atom stereocenters. The fourth-order valence-electron chi connectivity index (χ4n) is 2.16. The molecule has 0 saturated carbocycles. The van der Waals surface area contributed by atoms with Gasteiger partial charge in [0.15, 0.2) is 0 Å². The fourth-order valence-corrected chi connectivity index (χ4v) is 3.29. The van der Waals surface area contributed by atoms with E-state index in [1.165, 1.54) is 40.9 Å². The van der Waals surface area contributed by atoms with Crippen LogP contribution in [0, 0.1) is 0 Å². The molecule has 3 aromatic rings. The molecule has 3 rings (SSSR count). The van der Waals surface area contributed by atoms with Crippen molar-refractivity contribution in [2.24, 2.45) is 0 Å². The van der Waals surface area contributed by atoms with Crippen molar-refractivity contribution in [3.05, 3.63) is 65.1 Å². The highest BCUT2D eigenvalue weighted by Gasteiger charge is 2.30. The molecule has 1 aromatic carbocycles. The van der Waals surface area contributed by atoms with Gasteiger partial charge in [0.1, 0.15) is 5.65 Å². The summed E-state index contributed by atoms with van der Waals surface area (Å²) >= 11 is 5.72. The smallest absolute Gasteiger partial charge is 0.306 e. The van der Waals surface area contributed by atoms with E-state index in [2.05, 4.69) is 9.71 Å². The molecule has 0 aliphatic heterocycles. The first-order valence-corrected chi connectivity index (χ1v) is 8.81. The number of hydrogen-bond donors (Lipinski definition) is 1. The maximum atomic E-state index is 12.7. The minimum atomic E-state index is -4.46. The molecule has 0 aliphatic carbocycles. The molecule has 0 fully saturated rings. The largest absolute Gasteiger partial charge is 0.417 e. The summed E-state index contributed by atoms with van der Waals surface area (Å²) in [4.78, 5) is 4.12. The topological polar surface area (TPSA) is 63.5 Å². The quantitative estimate of drug-likeness (QED) is 0.743. The third-order valence-electron chi connectivity index (χ3n) is 3.40. The molecule has 5 nitrogen and oxygen atoms in total. The standard InChI is InChI=1S/C15H11ClF3N3O2S/c16-11-2-4-13(5-3-11)25(23,24)20-7-12-9-22-8-10(15(17,18)19)1-6-14(22)21-12/h1-6,8-9,20H,7H2. The number of rotatable bonds is 4. The average molecular weight is 390 g/mol. The Hall–Kier alpha value is -2.10. The van der Waals surface area contributed by atoms with E-state index in [1.54, 1.807) is 0 Å². The minimum absolute atomic E-state index is 0.0278. The number of imidazole rings is 1. The second-order valence-electron chi connectivity index (χ2n) is 5.19. The lowest BCUT2D eigenvalue weighted by molar-refractivity contribution is -0.137. The number of benzene rings is 1. The monoisotopic (exact) mass is 389 g/mol. The van der Waals surface area contributed by atoms with E-state index in [4.69, 9.17) is 11.6 Å². The van der Waals surface area contributed by atoms with Gasteiger partial charge in [-0.3, -0.25) is 0 Å². The second-order valence-corrected chi connectivity index (χ2v) is 7.40. The first kappa shape index (κ1) is 17.7. The molecule has 0 radical (unpaired) electrons. The Morgan fingerprint density at radius 1 is 1.08 bits per heavy atom. The van der Waals surface area contributed by atoms with Crippen LogP contribution in [0.1, 0.15) is 11.3 Å². The van der Waals surface area contributed by atoms with Crippen LogP contribution in [0.15, 0.2) is 53.7 Å². The van der Waals surface area contributed by atoms with Crippen molar-refractivity contribution in [1.29, 1.82) is 0 Å². The van der Waals surface area contributed by atoms with Crippen LogP contribution < -0.4 is 4.72 Å².